The van der Waals surface area contributed by atoms with Crippen molar-refractivity contribution in [3.8, 4) is 0 Å². The first-order chi connectivity index (χ1) is 14.8. The highest BCUT2D eigenvalue weighted by atomic mass is 32.2. The standard InChI is InChI=1S/C22H18FN3O3S2/c1-14-2-9-18(10-3-14)31(28,29)26-22-25-19-11-8-17(13-20(19)30-22)24-21(27)12-15-4-6-16(23)7-5-15/h2-11,13H,12H2,1H3,(H,24,27)(H,25,26). The number of hydrogen-bond donors (Lipinski definition) is 2. The van der Waals surface area contributed by atoms with Crippen LogP contribution in [-0.2, 0) is 21.2 Å². The van der Waals surface area contributed by atoms with Crippen LogP contribution in [0.2, 0.25) is 0 Å². The van der Waals surface area contributed by atoms with E-state index in [1.807, 2.05) is 6.92 Å². The van der Waals surface area contributed by atoms with Gasteiger partial charge in [0.2, 0.25) is 5.91 Å². The van der Waals surface area contributed by atoms with Crippen LogP contribution < -0.4 is 10.0 Å². The molecule has 0 aliphatic rings. The largest absolute Gasteiger partial charge is 0.326 e. The Balaban J connectivity index is 1.48. The minimum atomic E-state index is -3.74. The Morgan fingerprint density at radius 1 is 1.03 bits per heavy atom. The van der Waals surface area contributed by atoms with Gasteiger partial charge in [-0.3, -0.25) is 9.52 Å². The maximum Gasteiger partial charge on any atom is 0.263 e. The molecule has 4 aromatic rings. The van der Waals surface area contributed by atoms with Crippen LogP contribution in [0.4, 0.5) is 15.2 Å². The lowest BCUT2D eigenvalue weighted by atomic mass is 10.1. The SMILES string of the molecule is Cc1ccc(S(=O)(=O)Nc2nc3ccc(NC(=O)Cc4ccc(F)cc4)cc3s2)cc1. The van der Waals surface area contributed by atoms with E-state index in [1.165, 1.54) is 23.5 Å². The van der Waals surface area contributed by atoms with Gasteiger partial charge in [-0.15, -0.1) is 0 Å². The van der Waals surface area contributed by atoms with Crippen molar-refractivity contribution in [3.05, 3.63) is 83.7 Å². The molecule has 0 saturated carbocycles. The van der Waals surface area contributed by atoms with Crippen LogP contribution >= 0.6 is 11.3 Å². The molecule has 158 valence electrons. The highest BCUT2D eigenvalue weighted by Crippen LogP contribution is 2.30. The molecule has 1 aromatic heterocycles. The van der Waals surface area contributed by atoms with E-state index >= 15 is 0 Å². The molecule has 0 unspecified atom stereocenters. The Bertz CT molecular complexity index is 1350. The Kier molecular flexibility index (Phi) is 5.71. The number of nitrogens with one attached hydrogen (secondary N) is 2. The zero-order chi connectivity index (χ0) is 22.0. The number of fused-ring (bicyclic) bond motifs is 1. The number of aromatic nitrogens is 1. The summed E-state index contributed by atoms with van der Waals surface area (Å²) in [6, 6.07) is 17.4. The molecule has 31 heavy (non-hydrogen) atoms. The van der Waals surface area contributed by atoms with E-state index in [2.05, 4.69) is 15.0 Å². The summed E-state index contributed by atoms with van der Waals surface area (Å²) in [6.45, 7) is 1.88. The number of rotatable bonds is 6. The molecule has 0 atom stereocenters. The highest BCUT2D eigenvalue weighted by molar-refractivity contribution is 7.93. The number of anilines is 2. The second-order valence-electron chi connectivity index (χ2n) is 6.97. The minimum Gasteiger partial charge on any atom is -0.326 e. The molecule has 3 aromatic carbocycles. The van der Waals surface area contributed by atoms with Crippen LogP contribution in [0.1, 0.15) is 11.1 Å². The van der Waals surface area contributed by atoms with Crippen LogP contribution in [0.15, 0.2) is 71.6 Å². The number of thiazole rings is 1. The van der Waals surface area contributed by atoms with E-state index in [9.17, 15) is 17.6 Å². The summed E-state index contributed by atoms with van der Waals surface area (Å²) >= 11 is 1.17. The zero-order valence-electron chi connectivity index (χ0n) is 16.4. The molecule has 0 bridgehead atoms. The number of amides is 1. The van der Waals surface area contributed by atoms with Gasteiger partial charge in [0.1, 0.15) is 5.82 Å². The fourth-order valence-electron chi connectivity index (χ4n) is 2.93. The maximum absolute atomic E-state index is 13.0. The molecule has 0 aliphatic carbocycles. The molecule has 2 N–H and O–H groups in total. The fourth-order valence-corrected chi connectivity index (χ4v) is 5.07. The number of hydrogen-bond acceptors (Lipinski definition) is 5. The molecule has 0 spiro atoms. The van der Waals surface area contributed by atoms with Crippen LogP contribution in [0.5, 0.6) is 0 Å². The second-order valence-corrected chi connectivity index (χ2v) is 9.68. The summed E-state index contributed by atoms with van der Waals surface area (Å²) in [6.07, 6.45) is 0.114. The quantitative estimate of drug-likeness (QED) is 0.440. The molecular weight excluding hydrogens is 437 g/mol. The third kappa shape index (κ3) is 5.07. The van der Waals surface area contributed by atoms with E-state index < -0.39 is 10.0 Å². The van der Waals surface area contributed by atoms with Gasteiger partial charge in [0, 0.05) is 5.69 Å². The summed E-state index contributed by atoms with van der Waals surface area (Å²) < 4.78 is 41.4. The Labute approximate surface area is 182 Å². The average molecular weight is 456 g/mol. The van der Waals surface area contributed by atoms with E-state index in [0.717, 1.165) is 10.3 Å². The smallest absolute Gasteiger partial charge is 0.263 e. The second kappa shape index (κ2) is 8.44. The van der Waals surface area contributed by atoms with Crippen molar-refractivity contribution in [2.45, 2.75) is 18.2 Å². The third-order valence-corrected chi connectivity index (χ3v) is 6.92. The fraction of sp³-hybridized carbons (Fsp3) is 0.0909. The van der Waals surface area contributed by atoms with Gasteiger partial charge in [-0.05, 0) is 55.0 Å². The van der Waals surface area contributed by atoms with Crippen molar-refractivity contribution in [2.24, 2.45) is 0 Å². The summed E-state index contributed by atoms with van der Waals surface area (Å²) in [5.41, 5.74) is 2.85. The number of nitrogens with zero attached hydrogens (tertiary/aromatic N) is 1. The number of halogens is 1. The predicted molar refractivity (Wildman–Crippen MR) is 120 cm³/mol. The van der Waals surface area contributed by atoms with Crippen LogP contribution in [0, 0.1) is 12.7 Å². The van der Waals surface area contributed by atoms with Crippen LogP contribution in [0.25, 0.3) is 10.2 Å². The summed E-state index contributed by atoms with van der Waals surface area (Å²) in [4.78, 5) is 16.7. The topological polar surface area (TPSA) is 88.2 Å². The van der Waals surface area contributed by atoms with Crippen molar-refractivity contribution < 1.29 is 17.6 Å². The molecule has 1 heterocycles. The summed E-state index contributed by atoms with van der Waals surface area (Å²) in [7, 11) is -3.74. The van der Waals surface area contributed by atoms with E-state index in [1.54, 1.807) is 54.6 Å². The van der Waals surface area contributed by atoms with E-state index in [4.69, 9.17) is 0 Å². The van der Waals surface area contributed by atoms with Crippen molar-refractivity contribution in [3.63, 3.8) is 0 Å². The molecule has 0 aliphatic heterocycles. The first-order valence-corrected chi connectivity index (χ1v) is 11.6. The predicted octanol–water partition coefficient (Wildman–Crippen LogP) is 4.73. The van der Waals surface area contributed by atoms with Gasteiger partial charge in [0.15, 0.2) is 5.13 Å². The number of sulfonamides is 1. The van der Waals surface area contributed by atoms with E-state index in [-0.39, 0.29) is 28.2 Å². The van der Waals surface area contributed by atoms with Gasteiger partial charge in [-0.25, -0.2) is 17.8 Å². The molecule has 4 rings (SSSR count). The van der Waals surface area contributed by atoms with Gasteiger partial charge >= 0.3 is 0 Å². The summed E-state index contributed by atoms with van der Waals surface area (Å²) in [5, 5.41) is 3.03. The molecule has 0 radical (unpaired) electrons. The number of carbonyl (C=O) groups excluding carboxylic acids is 1. The van der Waals surface area contributed by atoms with Gasteiger partial charge in [0.05, 0.1) is 21.5 Å². The molecule has 0 fully saturated rings. The molecule has 6 nitrogen and oxygen atoms in total. The first-order valence-electron chi connectivity index (χ1n) is 9.33. The molecule has 1 amide bonds. The minimum absolute atomic E-state index is 0.114. The molecular formula is C22H18FN3O3S2. The average Bonchev–Trinajstić information content (AvgIpc) is 3.10. The molecule has 9 heteroatoms. The Morgan fingerprint density at radius 2 is 1.74 bits per heavy atom. The lowest BCUT2D eigenvalue weighted by Gasteiger charge is -2.05. The monoisotopic (exact) mass is 455 g/mol. The highest BCUT2D eigenvalue weighted by Gasteiger charge is 2.16. The van der Waals surface area contributed by atoms with Crippen molar-refractivity contribution in [1.29, 1.82) is 0 Å². The number of carbonyl (C=O) groups is 1. The summed E-state index contributed by atoms with van der Waals surface area (Å²) in [5.74, 6) is -0.593. The van der Waals surface area contributed by atoms with Gasteiger partial charge in [-0.1, -0.05) is 41.2 Å². The van der Waals surface area contributed by atoms with Crippen molar-refractivity contribution >= 4 is 48.3 Å². The van der Waals surface area contributed by atoms with Crippen molar-refractivity contribution in [1.82, 2.24) is 4.98 Å². The number of aryl methyl sites for hydroxylation is 1. The first kappa shape index (κ1) is 21.0. The lowest BCUT2D eigenvalue weighted by Crippen LogP contribution is -2.14. The van der Waals surface area contributed by atoms with E-state index in [0.29, 0.717) is 16.8 Å². The Hall–Kier alpha value is -3.30. The van der Waals surface area contributed by atoms with Gasteiger partial charge in [-0.2, -0.15) is 0 Å². The van der Waals surface area contributed by atoms with Crippen LogP contribution in [-0.4, -0.2) is 19.3 Å². The van der Waals surface area contributed by atoms with Gasteiger partial charge in [0.25, 0.3) is 10.0 Å². The van der Waals surface area contributed by atoms with Crippen LogP contribution in [0.3, 0.4) is 0 Å². The van der Waals surface area contributed by atoms with Crippen molar-refractivity contribution in [2.75, 3.05) is 10.0 Å². The lowest BCUT2D eigenvalue weighted by molar-refractivity contribution is -0.115. The third-order valence-electron chi connectivity index (χ3n) is 4.50. The number of benzene rings is 3. The maximum atomic E-state index is 13.0. The normalized spacial score (nSPS) is 11.4. The van der Waals surface area contributed by atoms with Gasteiger partial charge < -0.3 is 5.32 Å². The molecule has 0 saturated heterocycles. The Morgan fingerprint density at radius 3 is 2.45 bits per heavy atom. The zero-order valence-corrected chi connectivity index (χ0v) is 18.1.